The Morgan fingerprint density at radius 2 is 1.81 bits per heavy atom. The largest absolute Gasteiger partial charge is 0.383 e. The zero-order valence-electron chi connectivity index (χ0n) is 14.1. The van der Waals surface area contributed by atoms with Crippen molar-refractivity contribution in [2.75, 3.05) is 26.8 Å². The summed E-state index contributed by atoms with van der Waals surface area (Å²) in [6, 6.07) is 6.55. The second kappa shape index (κ2) is 8.96. The first-order chi connectivity index (χ1) is 9.97. The molecule has 0 aliphatic carbocycles. The fourth-order valence-corrected chi connectivity index (χ4v) is 2.54. The van der Waals surface area contributed by atoms with E-state index >= 15 is 0 Å². The minimum absolute atomic E-state index is 0.229. The van der Waals surface area contributed by atoms with E-state index < -0.39 is 0 Å². The normalized spacial score (nSPS) is 12.7. The van der Waals surface area contributed by atoms with Gasteiger partial charge in [0.05, 0.1) is 6.61 Å². The van der Waals surface area contributed by atoms with Gasteiger partial charge in [-0.15, -0.1) is 0 Å². The molecule has 1 atom stereocenters. The van der Waals surface area contributed by atoms with E-state index in [-0.39, 0.29) is 5.78 Å². The van der Waals surface area contributed by atoms with Gasteiger partial charge in [-0.05, 0) is 39.3 Å². The molecule has 3 heteroatoms. The Morgan fingerprint density at radius 3 is 2.33 bits per heavy atom. The molecule has 0 radical (unpaired) electrons. The lowest BCUT2D eigenvalue weighted by molar-refractivity contribution is 0.0916. The first-order valence-corrected chi connectivity index (χ1v) is 7.82. The van der Waals surface area contributed by atoms with Crippen molar-refractivity contribution in [2.45, 2.75) is 46.6 Å². The lowest BCUT2D eigenvalue weighted by Crippen LogP contribution is -2.37. The lowest BCUT2D eigenvalue weighted by atomic mass is 10.0. The van der Waals surface area contributed by atoms with Crippen LogP contribution in [-0.2, 0) is 4.74 Å². The maximum Gasteiger partial charge on any atom is 0.164 e. The standard InChI is InChI=1S/C18H29NO2/c1-6-16(4)19(9-10-21-5)8-7-18(20)17-12-14(2)11-15(3)13-17/h11-13,16H,6-10H2,1-5H3. The smallest absolute Gasteiger partial charge is 0.164 e. The molecule has 0 amide bonds. The average Bonchev–Trinajstić information content (AvgIpc) is 2.45. The molecule has 1 aromatic carbocycles. The van der Waals surface area contributed by atoms with Gasteiger partial charge < -0.3 is 4.74 Å². The van der Waals surface area contributed by atoms with E-state index in [1.165, 1.54) is 0 Å². The van der Waals surface area contributed by atoms with Crippen molar-refractivity contribution in [2.24, 2.45) is 0 Å². The Hall–Kier alpha value is -1.19. The van der Waals surface area contributed by atoms with E-state index in [4.69, 9.17) is 4.74 Å². The average molecular weight is 291 g/mol. The molecule has 3 nitrogen and oxygen atoms in total. The number of methoxy groups -OCH3 is 1. The molecule has 0 aliphatic rings. The number of benzene rings is 1. The molecule has 0 bridgehead atoms. The fraction of sp³-hybridized carbons (Fsp3) is 0.611. The van der Waals surface area contributed by atoms with Crippen LogP contribution in [0.1, 0.15) is 48.2 Å². The first-order valence-electron chi connectivity index (χ1n) is 7.82. The van der Waals surface area contributed by atoms with Crippen LogP contribution < -0.4 is 0 Å². The Bertz CT molecular complexity index is 436. The van der Waals surface area contributed by atoms with Crippen molar-refractivity contribution >= 4 is 5.78 Å². The van der Waals surface area contributed by atoms with Crippen LogP contribution in [0.3, 0.4) is 0 Å². The van der Waals surface area contributed by atoms with Crippen LogP contribution in [0.2, 0.25) is 0 Å². The molecule has 0 spiro atoms. The van der Waals surface area contributed by atoms with Gasteiger partial charge in [-0.25, -0.2) is 0 Å². The van der Waals surface area contributed by atoms with Gasteiger partial charge in [-0.1, -0.05) is 24.1 Å². The van der Waals surface area contributed by atoms with Crippen LogP contribution in [0.15, 0.2) is 18.2 Å². The highest BCUT2D eigenvalue weighted by Gasteiger charge is 2.14. The Balaban J connectivity index is 2.63. The van der Waals surface area contributed by atoms with Gasteiger partial charge in [0.1, 0.15) is 0 Å². The van der Waals surface area contributed by atoms with Gasteiger partial charge in [0.15, 0.2) is 5.78 Å². The zero-order chi connectivity index (χ0) is 15.8. The quantitative estimate of drug-likeness (QED) is 0.651. The first kappa shape index (κ1) is 17.9. The summed E-state index contributed by atoms with van der Waals surface area (Å²) in [5.74, 6) is 0.229. The van der Waals surface area contributed by atoms with Crippen molar-refractivity contribution < 1.29 is 9.53 Å². The van der Waals surface area contributed by atoms with Crippen molar-refractivity contribution in [1.29, 1.82) is 0 Å². The molecular weight excluding hydrogens is 262 g/mol. The Labute approximate surface area is 129 Å². The summed E-state index contributed by atoms with van der Waals surface area (Å²) in [5, 5.41) is 0. The van der Waals surface area contributed by atoms with E-state index in [0.29, 0.717) is 19.1 Å². The highest BCUT2D eigenvalue weighted by molar-refractivity contribution is 5.96. The van der Waals surface area contributed by atoms with Crippen LogP contribution in [0, 0.1) is 13.8 Å². The van der Waals surface area contributed by atoms with E-state index in [1.54, 1.807) is 7.11 Å². The van der Waals surface area contributed by atoms with Crippen molar-refractivity contribution in [3.63, 3.8) is 0 Å². The maximum atomic E-state index is 12.4. The van der Waals surface area contributed by atoms with E-state index in [0.717, 1.165) is 36.2 Å². The highest BCUT2D eigenvalue weighted by atomic mass is 16.5. The molecule has 0 aliphatic heterocycles. The second-order valence-corrected chi connectivity index (χ2v) is 5.84. The summed E-state index contributed by atoms with van der Waals surface area (Å²) in [5.41, 5.74) is 3.14. The van der Waals surface area contributed by atoms with Crippen LogP contribution in [0.25, 0.3) is 0 Å². The third-order valence-electron chi connectivity index (χ3n) is 3.97. The number of hydrogen-bond acceptors (Lipinski definition) is 3. The topological polar surface area (TPSA) is 29.5 Å². The highest BCUT2D eigenvalue weighted by Crippen LogP contribution is 2.12. The number of ketones is 1. The van der Waals surface area contributed by atoms with Crippen molar-refractivity contribution in [3.8, 4) is 0 Å². The summed E-state index contributed by atoms with van der Waals surface area (Å²) in [7, 11) is 1.72. The summed E-state index contributed by atoms with van der Waals surface area (Å²) in [4.78, 5) is 14.7. The number of carbonyl (C=O) groups excluding carboxylic acids is 1. The van der Waals surface area contributed by atoms with E-state index in [1.807, 2.05) is 26.0 Å². The van der Waals surface area contributed by atoms with Gasteiger partial charge in [-0.3, -0.25) is 9.69 Å². The molecule has 1 unspecified atom stereocenters. The molecule has 0 saturated carbocycles. The molecule has 0 heterocycles. The second-order valence-electron chi connectivity index (χ2n) is 5.84. The van der Waals surface area contributed by atoms with Crippen LogP contribution in [0.5, 0.6) is 0 Å². The monoisotopic (exact) mass is 291 g/mol. The molecule has 0 fully saturated rings. The fourth-order valence-electron chi connectivity index (χ4n) is 2.54. The minimum atomic E-state index is 0.229. The molecule has 1 rings (SSSR count). The number of rotatable bonds is 9. The third kappa shape index (κ3) is 5.98. The van der Waals surface area contributed by atoms with Gasteiger partial charge in [0.2, 0.25) is 0 Å². The van der Waals surface area contributed by atoms with Gasteiger partial charge in [0, 0.05) is 38.2 Å². The number of nitrogens with zero attached hydrogens (tertiary/aromatic N) is 1. The number of ether oxygens (including phenoxy) is 1. The molecule has 0 saturated heterocycles. The van der Waals surface area contributed by atoms with Gasteiger partial charge in [0.25, 0.3) is 0 Å². The molecular formula is C18H29NO2. The van der Waals surface area contributed by atoms with Crippen LogP contribution in [-0.4, -0.2) is 43.5 Å². The minimum Gasteiger partial charge on any atom is -0.383 e. The lowest BCUT2D eigenvalue weighted by Gasteiger charge is -2.27. The van der Waals surface area contributed by atoms with Gasteiger partial charge in [-0.2, -0.15) is 0 Å². The number of carbonyl (C=O) groups is 1. The summed E-state index contributed by atoms with van der Waals surface area (Å²) >= 11 is 0. The van der Waals surface area contributed by atoms with Crippen LogP contribution in [0.4, 0.5) is 0 Å². The van der Waals surface area contributed by atoms with Crippen molar-refractivity contribution in [1.82, 2.24) is 4.90 Å². The summed E-state index contributed by atoms with van der Waals surface area (Å²) in [6.07, 6.45) is 1.65. The third-order valence-corrected chi connectivity index (χ3v) is 3.97. The number of hydrogen-bond donors (Lipinski definition) is 0. The summed E-state index contributed by atoms with van der Waals surface area (Å²) in [6.45, 7) is 10.8. The number of aryl methyl sites for hydroxylation is 2. The van der Waals surface area contributed by atoms with Gasteiger partial charge >= 0.3 is 0 Å². The Kier molecular flexibility index (Phi) is 7.62. The van der Waals surface area contributed by atoms with Crippen molar-refractivity contribution in [3.05, 3.63) is 34.9 Å². The van der Waals surface area contributed by atoms with Crippen LogP contribution >= 0.6 is 0 Å². The number of Topliss-reactive ketones (excluding diaryl/α,β-unsaturated/α-hetero) is 1. The molecule has 0 aromatic heterocycles. The van der Waals surface area contributed by atoms with E-state index in [9.17, 15) is 4.79 Å². The zero-order valence-corrected chi connectivity index (χ0v) is 14.1. The predicted octanol–water partition coefficient (Wildman–Crippen LogP) is 3.62. The van der Waals surface area contributed by atoms with E-state index in [2.05, 4.69) is 24.8 Å². The molecule has 0 N–H and O–H groups in total. The summed E-state index contributed by atoms with van der Waals surface area (Å²) < 4.78 is 5.16. The molecule has 1 aromatic rings. The predicted molar refractivity (Wildman–Crippen MR) is 88.1 cm³/mol. The molecule has 118 valence electrons. The SMILES string of the molecule is CCC(C)N(CCOC)CCC(=O)c1cc(C)cc(C)c1. The Morgan fingerprint density at radius 1 is 1.19 bits per heavy atom. The maximum absolute atomic E-state index is 12.4. The molecule has 21 heavy (non-hydrogen) atoms.